The summed E-state index contributed by atoms with van der Waals surface area (Å²) in [5, 5.41) is 0.285. The number of rotatable bonds is 6. The summed E-state index contributed by atoms with van der Waals surface area (Å²) in [6, 6.07) is 15.2. The fourth-order valence-electron chi connectivity index (χ4n) is 3.69. The summed E-state index contributed by atoms with van der Waals surface area (Å²) in [5.41, 5.74) is -0.618. The number of fused-ring (bicyclic) bond motifs is 1. The lowest BCUT2D eigenvalue weighted by atomic mass is 10.0. The maximum atomic E-state index is 15.3. The molecule has 0 aromatic heterocycles. The van der Waals surface area contributed by atoms with Crippen LogP contribution in [-0.2, 0) is 26.2 Å². The largest absolute Gasteiger partial charge is 0.476 e. The molecule has 0 bridgehead atoms. The monoisotopic (exact) mass is 532 g/mol. The standard InChI is InChI=1S/C25H22ClFN2O6S/c1-25(2)24(31)29(22-20(27)12-17(13-21(22)35-25)28-36(3,32)33)18-9-10-19(26)16(11-18)14-34-23(30)15-7-5-4-6-8-15/h4-13,28H,14H2,1-3H3. The van der Waals surface area contributed by atoms with Crippen LogP contribution in [0.3, 0.4) is 0 Å². The third kappa shape index (κ3) is 5.29. The Balaban J connectivity index is 1.72. The van der Waals surface area contributed by atoms with E-state index in [9.17, 15) is 18.0 Å². The summed E-state index contributed by atoms with van der Waals surface area (Å²) < 4.78 is 51.9. The molecule has 11 heteroatoms. The van der Waals surface area contributed by atoms with Crippen LogP contribution in [0.1, 0.15) is 29.8 Å². The summed E-state index contributed by atoms with van der Waals surface area (Å²) in [6.45, 7) is 2.84. The van der Waals surface area contributed by atoms with Crippen LogP contribution in [0.5, 0.6) is 5.75 Å². The van der Waals surface area contributed by atoms with Crippen molar-refractivity contribution >= 4 is 50.6 Å². The number of carbonyl (C=O) groups excluding carboxylic acids is 2. The molecule has 0 spiro atoms. The molecule has 188 valence electrons. The highest BCUT2D eigenvalue weighted by Gasteiger charge is 2.43. The second kappa shape index (κ2) is 9.44. The molecule has 1 aliphatic heterocycles. The van der Waals surface area contributed by atoms with Crippen molar-refractivity contribution in [1.29, 1.82) is 0 Å². The van der Waals surface area contributed by atoms with E-state index in [4.69, 9.17) is 21.1 Å². The number of hydrogen-bond donors (Lipinski definition) is 1. The average Bonchev–Trinajstić information content (AvgIpc) is 2.79. The Labute approximate surface area is 212 Å². The lowest BCUT2D eigenvalue weighted by Crippen LogP contribution is -2.51. The SMILES string of the molecule is CC1(C)Oc2cc(NS(C)(=O)=O)cc(F)c2N(c2ccc(Cl)c(COC(=O)c3ccccc3)c2)C1=O. The summed E-state index contributed by atoms with van der Waals surface area (Å²) in [6.07, 6.45) is 0.935. The molecule has 0 atom stereocenters. The van der Waals surface area contributed by atoms with Crippen molar-refractivity contribution in [2.45, 2.75) is 26.1 Å². The van der Waals surface area contributed by atoms with Crippen LogP contribution >= 0.6 is 11.6 Å². The van der Waals surface area contributed by atoms with Gasteiger partial charge in [0.05, 0.1) is 17.5 Å². The highest BCUT2D eigenvalue weighted by Crippen LogP contribution is 2.45. The molecule has 0 aliphatic carbocycles. The number of halogens is 2. The van der Waals surface area contributed by atoms with Crippen LogP contribution in [0.2, 0.25) is 5.02 Å². The number of amides is 1. The smallest absolute Gasteiger partial charge is 0.338 e. The van der Waals surface area contributed by atoms with E-state index >= 15 is 4.39 Å². The van der Waals surface area contributed by atoms with Gasteiger partial charge in [0, 0.05) is 28.4 Å². The highest BCUT2D eigenvalue weighted by atomic mass is 35.5. The van der Waals surface area contributed by atoms with Gasteiger partial charge < -0.3 is 9.47 Å². The minimum absolute atomic E-state index is 0.0299. The zero-order valence-corrected chi connectivity index (χ0v) is 21.1. The number of hydrogen-bond acceptors (Lipinski definition) is 6. The Morgan fingerprint density at radius 1 is 1.14 bits per heavy atom. The molecule has 4 rings (SSSR count). The molecule has 1 aliphatic rings. The predicted molar refractivity (Wildman–Crippen MR) is 134 cm³/mol. The van der Waals surface area contributed by atoms with E-state index in [1.165, 1.54) is 38.1 Å². The molecule has 0 unspecified atom stereocenters. The predicted octanol–water partition coefficient (Wildman–Crippen LogP) is 5.04. The van der Waals surface area contributed by atoms with E-state index in [-0.39, 0.29) is 34.4 Å². The van der Waals surface area contributed by atoms with Gasteiger partial charge in [-0.15, -0.1) is 0 Å². The number of ether oxygens (including phenoxy) is 2. The van der Waals surface area contributed by atoms with Gasteiger partial charge in [0.2, 0.25) is 10.0 Å². The molecule has 0 radical (unpaired) electrons. The molecule has 1 heterocycles. The Morgan fingerprint density at radius 2 is 1.83 bits per heavy atom. The highest BCUT2D eigenvalue weighted by molar-refractivity contribution is 7.92. The first-order chi connectivity index (χ1) is 16.9. The van der Waals surface area contributed by atoms with Crippen LogP contribution < -0.4 is 14.4 Å². The van der Waals surface area contributed by atoms with Gasteiger partial charge in [0.15, 0.2) is 11.4 Å². The van der Waals surface area contributed by atoms with Gasteiger partial charge in [-0.05, 0) is 44.2 Å². The first kappa shape index (κ1) is 25.5. The molecular formula is C25H22ClFN2O6S. The lowest BCUT2D eigenvalue weighted by molar-refractivity contribution is -0.131. The Kier molecular flexibility index (Phi) is 6.68. The number of nitrogens with zero attached hydrogens (tertiary/aromatic N) is 1. The first-order valence-corrected chi connectivity index (χ1v) is 13.0. The second-order valence-electron chi connectivity index (χ2n) is 8.65. The molecule has 0 fully saturated rings. The number of nitrogens with one attached hydrogen (secondary N) is 1. The van der Waals surface area contributed by atoms with Gasteiger partial charge in [-0.2, -0.15) is 0 Å². The van der Waals surface area contributed by atoms with Gasteiger partial charge >= 0.3 is 5.97 Å². The topological polar surface area (TPSA) is 102 Å². The van der Waals surface area contributed by atoms with Gasteiger partial charge in [-0.1, -0.05) is 29.8 Å². The number of benzene rings is 3. The summed E-state index contributed by atoms with van der Waals surface area (Å²) in [7, 11) is -3.68. The molecule has 0 saturated heterocycles. The molecule has 1 amide bonds. The summed E-state index contributed by atoms with van der Waals surface area (Å²) in [4.78, 5) is 26.8. The van der Waals surface area contributed by atoms with E-state index in [1.807, 2.05) is 0 Å². The zero-order chi connectivity index (χ0) is 26.3. The van der Waals surface area contributed by atoms with Crippen LogP contribution in [0.25, 0.3) is 0 Å². The van der Waals surface area contributed by atoms with Gasteiger partial charge in [0.25, 0.3) is 5.91 Å². The van der Waals surface area contributed by atoms with Crippen LogP contribution in [-0.4, -0.2) is 32.2 Å². The average molecular weight is 533 g/mol. The Morgan fingerprint density at radius 3 is 2.50 bits per heavy atom. The zero-order valence-electron chi connectivity index (χ0n) is 19.5. The minimum atomic E-state index is -3.68. The second-order valence-corrected chi connectivity index (χ2v) is 10.8. The maximum absolute atomic E-state index is 15.3. The fraction of sp³-hybridized carbons (Fsp3) is 0.200. The minimum Gasteiger partial charge on any atom is -0.476 e. The van der Waals surface area contributed by atoms with Crippen molar-refractivity contribution < 1.29 is 31.9 Å². The Hall–Kier alpha value is -3.63. The van der Waals surface area contributed by atoms with Crippen molar-refractivity contribution in [3.8, 4) is 5.75 Å². The molecule has 3 aromatic rings. The molecule has 36 heavy (non-hydrogen) atoms. The lowest BCUT2D eigenvalue weighted by Gasteiger charge is -2.39. The van der Waals surface area contributed by atoms with Gasteiger partial charge in [-0.3, -0.25) is 14.4 Å². The maximum Gasteiger partial charge on any atom is 0.338 e. The molecule has 3 aromatic carbocycles. The van der Waals surface area contributed by atoms with Gasteiger partial charge in [-0.25, -0.2) is 17.6 Å². The molecule has 8 nitrogen and oxygen atoms in total. The molecule has 1 N–H and O–H groups in total. The van der Waals surface area contributed by atoms with Crippen molar-refractivity contribution in [2.24, 2.45) is 0 Å². The normalized spacial score (nSPS) is 14.6. The van der Waals surface area contributed by atoms with Crippen molar-refractivity contribution in [1.82, 2.24) is 0 Å². The number of sulfonamides is 1. The third-order valence-electron chi connectivity index (χ3n) is 5.29. The van der Waals surface area contributed by atoms with Crippen LogP contribution in [0.4, 0.5) is 21.5 Å². The molecule has 0 saturated carbocycles. The number of carbonyl (C=O) groups is 2. The van der Waals surface area contributed by atoms with Gasteiger partial charge in [0.1, 0.15) is 18.0 Å². The van der Waals surface area contributed by atoms with Crippen molar-refractivity contribution in [3.63, 3.8) is 0 Å². The quantitative estimate of drug-likeness (QED) is 0.446. The van der Waals surface area contributed by atoms with E-state index in [2.05, 4.69) is 4.72 Å². The number of anilines is 3. The fourth-order valence-corrected chi connectivity index (χ4v) is 4.41. The van der Waals surface area contributed by atoms with Crippen molar-refractivity contribution in [3.05, 3.63) is 82.6 Å². The summed E-state index contributed by atoms with van der Waals surface area (Å²) in [5.74, 6) is -2.03. The van der Waals surface area contributed by atoms with E-state index in [0.717, 1.165) is 17.2 Å². The van der Waals surface area contributed by atoms with E-state index < -0.39 is 33.3 Å². The van der Waals surface area contributed by atoms with Crippen LogP contribution in [0.15, 0.2) is 60.7 Å². The Bertz CT molecular complexity index is 1460. The van der Waals surface area contributed by atoms with Crippen LogP contribution in [0, 0.1) is 5.82 Å². The third-order valence-corrected chi connectivity index (χ3v) is 6.27. The van der Waals surface area contributed by atoms with E-state index in [1.54, 1.807) is 30.3 Å². The van der Waals surface area contributed by atoms with Crippen molar-refractivity contribution in [2.75, 3.05) is 15.9 Å². The first-order valence-electron chi connectivity index (χ1n) is 10.7. The molecular weight excluding hydrogens is 511 g/mol. The van der Waals surface area contributed by atoms with E-state index in [0.29, 0.717) is 11.1 Å². The summed E-state index contributed by atoms with van der Waals surface area (Å²) >= 11 is 6.31. The number of esters is 1.